The number of benzene rings is 2. The van der Waals surface area contributed by atoms with Crippen LogP contribution in [0.3, 0.4) is 0 Å². The van der Waals surface area contributed by atoms with Gasteiger partial charge < -0.3 is 14.9 Å². The number of H-pyrrole nitrogens is 2. The number of hydrogen-bond acceptors (Lipinski definition) is 3. The second-order valence-electron chi connectivity index (χ2n) is 5.58. The molecule has 0 saturated carbocycles. The molecule has 0 fully saturated rings. The number of aromatic amines is 2. The van der Waals surface area contributed by atoms with Gasteiger partial charge in [-0.15, -0.1) is 0 Å². The maximum absolute atomic E-state index is 12.6. The van der Waals surface area contributed by atoms with Crippen molar-refractivity contribution in [3.05, 3.63) is 78.3 Å². The predicted octanol–water partition coefficient (Wildman–Crippen LogP) is 2.80. The van der Waals surface area contributed by atoms with Crippen LogP contribution in [0.15, 0.2) is 46.0 Å². The summed E-state index contributed by atoms with van der Waals surface area (Å²) in [6, 6.07) is 9.86. The van der Waals surface area contributed by atoms with E-state index in [0.717, 1.165) is 5.56 Å². The smallest absolute Gasteiger partial charge is 0.314 e. The van der Waals surface area contributed by atoms with Crippen LogP contribution in [-0.2, 0) is 6.54 Å². The molecule has 1 amide bonds. The molecular weight excluding hydrogens is 365 g/mol. The van der Waals surface area contributed by atoms with E-state index in [9.17, 15) is 14.4 Å². The van der Waals surface area contributed by atoms with Crippen LogP contribution in [0.4, 0.5) is 0 Å². The first-order valence-corrected chi connectivity index (χ1v) is 8.06. The van der Waals surface area contributed by atoms with Crippen molar-refractivity contribution in [3.63, 3.8) is 0 Å². The summed E-state index contributed by atoms with van der Waals surface area (Å²) in [7, 11) is 1.66. The van der Waals surface area contributed by atoms with Crippen molar-refractivity contribution in [2.75, 3.05) is 7.05 Å². The summed E-state index contributed by atoms with van der Waals surface area (Å²) in [6.45, 7) is 0.343. The minimum absolute atomic E-state index is 0.236. The van der Waals surface area contributed by atoms with Gasteiger partial charge in [-0.2, -0.15) is 0 Å². The lowest BCUT2D eigenvalue weighted by molar-refractivity contribution is 0.0785. The highest BCUT2D eigenvalue weighted by molar-refractivity contribution is 6.42. The van der Waals surface area contributed by atoms with E-state index in [4.69, 9.17) is 23.2 Å². The lowest BCUT2D eigenvalue weighted by Crippen LogP contribution is -2.29. The zero-order valence-electron chi connectivity index (χ0n) is 13.1. The molecule has 2 aromatic carbocycles. The molecule has 2 N–H and O–H groups in total. The van der Waals surface area contributed by atoms with Gasteiger partial charge in [-0.25, -0.2) is 0 Å². The van der Waals surface area contributed by atoms with Crippen molar-refractivity contribution in [1.29, 1.82) is 0 Å². The summed E-state index contributed by atoms with van der Waals surface area (Å²) < 4.78 is 0. The van der Waals surface area contributed by atoms with Gasteiger partial charge in [-0.1, -0.05) is 29.3 Å². The maximum Gasteiger partial charge on any atom is 0.314 e. The van der Waals surface area contributed by atoms with E-state index in [1.807, 2.05) is 0 Å². The minimum atomic E-state index is -0.763. The molecule has 8 heteroatoms. The van der Waals surface area contributed by atoms with E-state index in [-0.39, 0.29) is 5.91 Å². The molecule has 3 rings (SSSR count). The van der Waals surface area contributed by atoms with Gasteiger partial charge in [0, 0.05) is 19.2 Å². The van der Waals surface area contributed by atoms with E-state index < -0.39 is 11.1 Å². The van der Waals surface area contributed by atoms with Crippen LogP contribution < -0.4 is 11.1 Å². The average molecular weight is 378 g/mol. The zero-order chi connectivity index (χ0) is 18.1. The van der Waals surface area contributed by atoms with Crippen molar-refractivity contribution in [2.24, 2.45) is 0 Å². The Morgan fingerprint density at radius 2 is 1.64 bits per heavy atom. The third kappa shape index (κ3) is 3.60. The molecule has 1 aromatic heterocycles. The SMILES string of the molecule is CN(Cc1ccc(Cl)c(Cl)c1)C(=O)c1ccc2[nH]c(=O)c(=O)[nH]c2c1. The van der Waals surface area contributed by atoms with Crippen LogP contribution in [0.1, 0.15) is 15.9 Å². The summed E-state index contributed by atoms with van der Waals surface area (Å²) in [6.07, 6.45) is 0. The number of rotatable bonds is 3. The van der Waals surface area contributed by atoms with Crippen molar-refractivity contribution >= 4 is 40.1 Å². The van der Waals surface area contributed by atoms with E-state index in [0.29, 0.717) is 33.2 Å². The molecule has 0 unspecified atom stereocenters. The van der Waals surface area contributed by atoms with Gasteiger partial charge in [-0.3, -0.25) is 14.4 Å². The molecule has 0 aliphatic rings. The van der Waals surface area contributed by atoms with E-state index in [2.05, 4.69) is 9.97 Å². The van der Waals surface area contributed by atoms with Crippen molar-refractivity contribution in [3.8, 4) is 0 Å². The van der Waals surface area contributed by atoms with Crippen molar-refractivity contribution in [2.45, 2.75) is 6.54 Å². The number of hydrogen-bond donors (Lipinski definition) is 2. The fraction of sp³-hybridized carbons (Fsp3) is 0.118. The van der Waals surface area contributed by atoms with Crippen LogP contribution >= 0.6 is 23.2 Å². The monoisotopic (exact) mass is 377 g/mol. The fourth-order valence-electron chi connectivity index (χ4n) is 2.45. The van der Waals surface area contributed by atoms with Crippen LogP contribution in [0, 0.1) is 0 Å². The van der Waals surface area contributed by atoms with Crippen molar-refractivity contribution in [1.82, 2.24) is 14.9 Å². The number of halogens is 2. The number of nitrogens with one attached hydrogen (secondary N) is 2. The van der Waals surface area contributed by atoms with Crippen LogP contribution in [0.2, 0.25) is 10.0 Å². The standard InChI is InChI=1S/C17H13Cl2N3O3/c1-22(8-9-2-4-11(18)12(19)6-9)17(25)10-3-5-13-14(7-10)21-16(24)15(23)20-13/h2-7H,8H2,1H3,(H,20,23)(H,21,24). The average Bonchev–Trinajstić information content (AvgIpc) is 2.58. The number of amides is 1. The molecule has 0 saturated heterocycles. The van der Waals surface area contributed by atoms with Gasteiger partial charge in [0.15, 0.2) is 0 Å². The maximum atomic E-state index is 12.6. The molecule has 6 nitrogen and oxygen atoms in total. The normalized spacial score (nSPS) is 10.8. The van der Waals surface area contributed by atoms with Crippen molar-refractivity contribution < 1.29 is 4.79 Å². The van der Waals surface area contributed by atoms with Gasteiger partial charge in [0.05, 0.1) is 21.1 Å². The number of fused-ring (bicyclic) bond motifs is 1. The molecule has 0 aliphatic carbocycles. The molecule has 128 valence electrons. The minimum Gasteiger partial charge on any atom is -0.337 e. The van der Waals surface area contributed by atoms with Gasteiger partial charge >= 0.3 is 11.1 Å². The molecule has 0 radical (unpaired) electrons. The van der Waals surface area contributed by atoms with Crippen LogP contribution in [0.5, 0.6) is 0 Å². The Morgan fingerprint density at radius 3 is 2.32 bits per heavy atom. The number of aromatic nitrogens is 2. The third-order valence-corrected chi connectivity index (χ3v) is 4.46. The highest BCUT2D eigenvalue weighted by atomic mass is 35.5. The lowest BCUT2D eigenvalue weighted by atomic mass is 10.1. The second-order valence-corrected chi connectivity index (χ2v) is 6.39. The Kier molecular flexibility index (Phi) is 4.65. The molecule has 0 aliphatic heterocycles. The summed E-state index contributed by atoms with van der Waals surface area (Å²) in [4.78, 5) is 41.8. The summed E-state index contributed by atoms with van der Waals surface area (Å²) >= 11 is 11.9. The molecule has 25 heavy (non-hydrogen) atoms. The topological polar surface area (TPSA) is 86.0 Å². The van der Waals surface area contributed by atoms with Gasteiger partial charge in [-0.05, 0) is 35.9 Å². The molecule has 0 atom stereocenters. The summed E-state index contributed by atoms with van der Waals surface area (Å²) in [5.41, 5.74) is 0.567. The fourth-order valence-corrected chi connectivity index (χ4v) is 2.77. The third-order valence-electron chi connectivity index (χ3n) is 3.72. The Hall–Kier alpha value is -2.57. The van der Waals surface area contributed by atoms with Gasteiger partial charge in [0.1, 0.15) is 0 Å². The zero-order valence-corrected chi connectivity index (χ0v) is 14.6. The Labute approximate surface area is 152 Å². The Morgan fingerprint density at radius 1 is 0.960 bits per heavy atom. The summed E-state index contributed by atoms with van der Waals surface area (Å²) in [5.74, 6) is -0.236. The van der Waals surface area contributed by atoms with E-state index in [1.165, 1.54) is 11.0 Å². The predicted molar refractivity (Wildman–Crippen MR) is 97.4 cm³/mol. The summed E-state index contributed by atoms with van der Waals surface area (Å²) in [5, 5.41) is 0.874. The number of carbonyl (C=O) groups is 1. The Bertz CT molecular complexity index is 1090. The van der Waals surface area contributed by atoms with Gasteiger partial charge in [0.2, 0.25) is 0 Å². The van der Waals surface area contributed by atoms with Gasteiger partial charge in [0.25, 0.3) is 5.91 Å². The number of nitrogens with zero attached hydrogens (tertiary/aromatic N) is 1. The second kappa shape index (κ2) is 6.74. The van der Waals surface area contributed by atoms with Crippen LogP contribution in [0.25, 0.3) is 11.0 Å². The number of carbonyl (C=O) groups excluding carboxylic acids is 1. The highest BCUT2D eigenvalue weighted by Gasteiger charge is 2.14. The van der Waals surface area contributed by atoms with E-state index >= 15 is 0 Å². The quantitative estimate of drug-likeness (QED) is 0.688. The molecular formula is C17H13Cl2N3O3. The molecule has 0 spiro atoms. The first-order valence-electron chi connectivity index (χ1n) is 7.31. The molecule has 3 aromatic rings. The largest absolute Gasteiger partial charge is 0.337 e. The van der Waals surface area contributed by atoms with E-state index in [1.54, 1.807) is 37.4 Å². The first-order chi connectivity index (χ1) is 11.8. The first kappa shape index (κ1) is 17.3. The van der Waals surface area contributed by atoms with Crippen LogP contribution in [-0.4, -0.2) is 27.8 Å². The lowest BCUT2D eigenvalue weighted by Gasteiger charge is -2.18. The molecule has 1 heterocycles. The highest BCUT2D eigenvalue weighted by Crippen LogP contribution is 2.23. The molecule has 0 bridgehead atoms. The Balaban J connectivity index is 1.87.